The molecule has 0 bridgehead atoms. The maximum Gasteiger partial charge on any atom is 0.233 e. The monoisotopic (exact) mass is 437 g/mol. The first-order valence-corrected chi connectivity index (χ1v) is 12.2. The lowest BCUT2D eigenvalue weighted by atomic mass is 10.2. The summed E-state index contributed by atoms with van der Waals surface area (Å²) in [5.74, 6) is 1.40. The molecule has 0 atom stereocenters. The molecule has 3 rings (SSSR count). The summed E-state index contributed by atoms with van der Waals surface area (Å²) in [5.41, 5.74) is 0.770. The zero-order valence-corrected chi connectivity index (χ0v) is 18.6. The number of piperazine rings is 1. The molecule has 10 heteroatoms. The number of carbonyl (C=O) groups is 1. The van der Waals surface area contributed by atoms with Crippen LogP contribution >= 0.6 is 11.8 Å². The third-order valence-electron chi connectivity index (χ3n) is 4.89. The van der Waals surface area contributed by atoms with Crippen molar-refractivity contribution in [3.8, 4) is 0 Å². The molecule has 0 unspecified atom stereocenters. The predicted octanol–water partition coefficient (Wildman–Crippen LogP) is 1.70. The van der Waals surface area contributed by atoms with Crippen molar-refractivity contribution in [1.29, 1.82) is 0 Å². The Morgan fingerprint density at radius 1 is 1.10 bits per heavy atom. The number of nitrogens with zero attached hydrogens (tertiary/aromatic N) is 5. The lowest BCUT2D eigenvalue weighted by Crippen LogP contribution is -2.51. The predicted molar refractivity (Wildman–Crippen MR) is 113 cm³/mol. The van der Waals surface area contributed by atoms with Gasteiger partial charge in [-0.2, -0.15) is 4.31 Å². The van der Waals surface area contributed by atoms with Gasteiger partial charge in [0.25, 0.3) is 0 Å². The van der Waals surface area contributed by atoms with Crippen LogP contribution in [-0.2, 0) is 27.6 Å². The zero-order chi connectivity index (χ0) is 21.0. The van der Waals surface area contributed by atoms with E-state index in [0.29, 0.717) is 31.3 Å². The van der Waals surface area contributed by atoms with E-state index < -0.39 is 10.0 Å². The molecule has 2 aromatic rings. The van der Waals surface area contributed by atoms with Crippen LogP contribution in [0.3, 0.4) is 0 Å². The lowest BCUT2D eigenvalue weighted by Gasteiger charge is -2.34. The van der Waals surface area contributed by atoms with Crippen molar-refractivity contribution in [2.45, 2.75) is 30.7 Å². The fraction of sp³-hybridized carbons (Fsp3) is 0.526. The molecule has 1 aliphatic rings. The van der Waals surface area contributed by atoms with E-state index in [9.17, 15) is 13.2 Å². The van der Waals surface area contributed by atoms with Crippen molar-refractivity contribution in [1.82, 2.24) is 24.0 Å². The van der Waals surface area contributed by atoms with E-state index >= 15 is 0 Å². The molecule has 1 fully saturated rings. The van der Waals surface area contributed by atoms with Crippen molar-refractivity contribution < 1.29 is 13.2 Å². The Balaban J connectivity index is 1.50. The number of carbonyl (C=O) groups excluding carboxylic acids is 1. The van der Waals surface area contributed by atoms with Gasteiger partial charge in [0.05, 0.1) is 11.5 Å². The van der Waals surface area contributed by atoms with E-state index in [4.69, 9.17) is 0 Å². The fourth-order valence-electron chi connectivity index (χ4n) is 3.26. The molecule has 1 aliphatic heterocycles. The molecule has 0 spiro atoms. The fourth-order valence-corrected chi connectivity index (χ4v) is 5.60. The van der Waals surface area contributed by atoms with Crippen molar-refractivity contribution in [2.24, 2.45) is 7.05 Å². The number of benzene rings is 1. The van der Waals surface area contributed by atoms with Gasteiger partial charge in [-0.1, -0.05) is 55.9 Å². The van der Waals surface area contributed by atoms with Gasteiger partial charge < -0.3 is 9.47 Å². The normalized spacial score (nSPS) is 15.8. The topological polar surface area (TPSA) is 88.4 Å². The van der Waals surface area contributed by atoms with E-state index in [-0.39, 0.29) is 23.3 Å². The van der Waals surface area contributed by atoms with Crippen molar-refractivity contribution in [3.63, 3.8) is 0 Å². The molecule has 0 N–H and O–H groups in total. The van der Waals surface area contributed by atoms with E-state index in [1.807, 2.05) is 41.9 Å². The molecule has 1 saturated heterocycles. The highest BCUT2D eigenvalue weighted by atomic mass is 32.2. The summed E-state index contributed by atoms with van der Waals surface area (Å²) < 4.78 is 28.7. The Kier molecular flexibility index (Phi) is 6.97. The van der Waals surface area contributed by atoms with Crippen LogP contribution in [0.4, 0.5) is 0 Å². The molecule has 1 amide bonds. The summed E-state index contributed by atoms with van der Waals surface area (Å²) in [4.78, 5) is 14.3. The number of hydrogen-bond donors (Lipinski definition) is 0. The first-order valence-electron chi connectivity index (χ1n) is 9.59. The minimum Gasteiger partial charge on any atom is -0.339 e. The first-order chi connectivity index (χ1) is 13.8. The summed E-state index contributed by atoms with van der Waals surface area (Å²) in [6, 6.07) is 9.15. The Hall–Kier alpha value is -1.91. The molecule has 0 radical (unpaired) electrons. The van der Waals surface area contributed by atoms with Crippen LogP contribution in [-0.4, -0.2) is 70.2 Å². The average molecular weight is 438 g/mol. The summed E-state index contributed by atoms with van der Waals surface area (Å²) in [5, 5.41) is 9.04. The number of thioether (sulfide) groups is 1. The molecule has 2 heterocycles. The van der Waals surface area contributed by atoms with Gasteiger partial charge in [0.2, 0.25) is 15.9 Å². The van der Waals surface area contributed by atoms with Gasteiger partial charge in [0, 0.05) is 39.1 Å². The Morgan fingerprint density at radius 2 is 1.76 bits per heavy atom. The van der Waals surface area contributed by atoms with Crippen LogP contribution in [0, 0.1) is 0 Å². The van der Waals surface area contributed by atoms with Crippen LogP contribution in [0.1, 0.15) is 31.2 Å². The minimum atomic E-state index is -3.38. The molecular weight excluding hydrogens is 410 g/mol. The van der Waals surface area contributed by atoms with Gasteiger partial charge in [-0.25, -0.2) is 8.42 Å². The minimum absolute atomic E-state index is 0.01000. The maximum atomic E-state index is 12.6. The van der Waals surface area contributed by atoms with Crippen molar-refractivity contribution >= 4 is 27.7 Å². The first kappa shape index (κ1) is 21.8. The summed E-state index contributed by atoms with van der Waals surface area (Å²) in [7, 11) is -1.48. The van der Waals surface area contributed by atoms with Crippen molar-refractivity contribution in [3.05, 3.63) is 41.7 Å². The second-order valence-corrected chi connectivity index (χ2v) is 10.3. The quantitative estimate of drug-likeness (QED) is 0.613. The average Bonchev–Trinajstić information content (AvgIpc) is 3.07. The molecule has 1 aromatic heterocycles. The molecule has 158 valence electrons. The molecule has 8 nitrogen and oxygen atoms in total. The highest BCUT2D eigenvalue weighted by Crippen LogP contribution is 2.21. The van der Waals surface area contributed by atoms with Crippen LogP contribution in [0.15, 0.2) is 35.5 Å². The maximum absolute atomic E-state index is 12.6. The smallest absolute Gasteiger partial charge is 0.233 e. The molecule has 0 saturated carbocycles. The van der Waals surface area contributed by atoms with Crippen LogP contribution in [0.25, 0.3) is 0 Å². The number of sulfonamides is 1. The van der Waals surface area contributed by atoms with E-state index in [2.05, 4.69) is 24.0 Å². The second-order valence-electron chi connectivity index (χ2n) is 7.36. The second kappa shape index (κ2) is 9.27. The standard InChI is InChI=1S/C19H27N5O3S2/c1-15(2)18-20-21-19(22(18)3)28-13-17(25)23-9-11-24(12-10-23)29(26,27)14-16-7-5-4-6-8-16/h4-8,15H,9-14H2,1-3H3. The van der Waals surface area contributed by atoms with E-state index in [1.54, 1.807) is 4.90 Å². The summed E-state index contributed by atoms with van der Waals surface area (Å²) in [6.07, 6.45) is 0. The van der Waals surface area contributed by atoms with Gasteiger partial charge in [-0.3, -0.25) is 4.79 Å². The molecular formula is C19H27N5O3S2. The van der Waals surface area contributed by atoms with E-state index in [1.165, 1.54) is 16.1 Å². The third-order valence-corrected chi connectivity index (χ3v) is 7.74. The number of aromatic nitrogens is 3. The van der Waals surface area contributed by atoms with Crippen LogP contribution in [0.2, 0.25) is 0 Å². The molecule has 0 aliphatic carbocycles. The van der Waals surface area contributed by atoms with Crippen LogP contribution < -0.4 is 0 Å². The zero-order valence-electron chi connectivity index (χ0n) is 17.0. The van der Waals surface area contributed by atoms with Gasteiger partial charge >= 0.3 is 0 Å². The Labute approximate surface area is 176 Å². The van der Waals surface area contributed by atoms with Gasteiger partial charge in [0.1, 0.15) is 5.82 Å². The largest absolute Gasteiger partial charge is 0.339 e. The van der Waals surface area contributed by atoms with Gasteiger partial charge in [-0.15, -0.1) is 10.2 Å². The van der Waals surface area contributed by atoms with Crippen molar-refractivity contribution in [2.75, 3.05) is 31.9 Å². The van der Waals surface area contributed by atoms with Gasteiger partial charge in [-0.05, 0) is 5.56 Å². The number of rotatable bonds is 7. The third kappa shape index (κ3) is 5.37. The Bertz CT molecular complexity index is 936. The number of hydrogen-bond acceptors (Lipinski definition) is 6. The van der Waals surface area contributed by atoms with E-state index in [0.717, 1.165) is 11.4 Å². The summed E-state index contributed by atoms with van der Waals surface area (Å²) >= 11 is 1.36. The molecule has 29 heavy (non-hydrogen) atoms. The summed E-state index contributed by atoms with van der Waals surface area (Å²) in [6.45, 7) is 5.57. The number of amides is 1. The van der Waals surface area contributed by atoms with Gasteiger partial charge in [0.15, 0.2) is 5.16 Å². The highest BCUT2D eigenvalue weighted by molar-refractivity contribution is 7.99. The Morgan fingerprint density at radius 3 is 2.34 bits per heavy atom. The SMILES string of the molecule is CC(C)c1nnc(SCC(=O)N2CCN(S(=O)(=O)Cc3ccccc3)CC2)n1C. The molecule has 1 aromatic carbocycles. The highest BCUT2D eigenvalue weighted by Gasteiger charge is 2.29. The van der Waals surface area contributed by atoms with Crippen LogP contribution in [0.5, 0.6) is 0 Å². The lowest BCUT2D eigenvalue weighted by molar-refractivity contribution is -0.129.